The summed E-state index contributed by atoms with van der Waals surface area (Å²) in [4.78, 5) is 0. The number of nitrogens with two attached hydrogens (primary N) is 1. The van der Waals surface area contributed by atoms with Crippen LogP contribution in [0.3, 0.4) is 0 Å². The minimum Gasteiger partial charge on any atom is -0.325 e. The van der Waals surface area contributed by atoms with Crippen LogP contribution in [0.25, 0.3) is 0 Å². The van der Waals surface area contributed by atoms with E-state index in [-0.39, 0.29) is 6.04 Å². The summed E-state index contributed by atoms with van der Waals surface area (Å²) in [6, 6.07) is -0.245. The SMILES string of the molecule is CCCC[C@@H](N)[C@@H](C)F. The predicted octanol–water partition coefficient (Wildman–Crippen LogP) is 1.86. The third-order valence-electron chi connectivity index (χ3n) is 1.48. The highest BCUT2D eigenvalue weighted by atomic mass is 19.1. The van der Waals surface area contributed by atoms with E-state index >= 15 is 0 Å². The van der Waals surface area contributed by atoms with Crippen LogP contribution < -0.4 is 5.73 Å². The average molecular weight is 133 g/mol. The van der Waals surface area contributed by atoms with E-state index in [0.717, 1.165) is 19.3 Å². The zero-order valence-corrected chi connectivity index (χ0v) is 6.23. The van der Waals surface area contributed by atoms with Gasteiger partial charge in [-0.1, -0.05) is 19.8 Å². The molecule has 0 rings (SSSR count). The van der Waals surface area contributed by atoms with Gasteiger partial charge < -0.3 is 5.73 Å². The number of halogens is 1. The van der Waals surface area contributed by atoms with Gasteiger partial charge in [0, 0.05) is 6.04 Å². The average Bonchev–Trinajstić information content (AvgIpc) is 1.82. The maximum atomic E-state index is 12.3. The minimum atomic E-state index is -0.850. The lowest BCUT2D eigenvalue weighted by molar-refractivity contribution is 0.292. The number of alkyl halides is 1. The van der Waals surface area contributed by atoms with E-state index in [4.69, 9.17) is 5.73 Å². The molecule has 2 N–H and O–H groups in total. The highest BCUT2D eigenvalue weighted by Gasteiger charge is 2.08. The third-order valence-corrected chi connectivity index (χ3v) is 1.48. The topological polar surface area (TPSA) is 26.0 Å². The Bertz CT molecular complexity index is 63.9. The first-order valence-electron chi connectivity index (χ1n) is 3.58. The van der Waals surface area contributed by atoms with Crippen LogP contribution in [-0.4, -0.2) is 12.2 Å². The minimum absolute atomic E-state index is 0.245. The largest absolute Gasteiger partial charge is 0.325 e. The standard InChI is InChI=1S/C7H16FN/c1-3-4-5-7(9)6(2)8/h6-7H,3-5,9H2,1-2H3/t6-,7-/m1/s1. The Kier molecular flexibility index (Phi) is 4.68. The highest BCUT2D eigenvalue weighted by molar-refractivity contribution is 4.66. The molecule has 0 amide bonds. The van der Waals surface area contributed by atoms with E-state index < -0.39 is 6.17 Å². The molecule has 0 aromatic carbocycles. The molecule has 0 aromatic rings. The van der Waals surface area contributed by atoms with Crippen molar-refractivity contribution in [3.05, 3.63) is 0 Å². The first kappa shape index (κ1) is 8.89. The van der Waals surface area contributed by atoms with Crippen LogP contribution >= 0.6 is 0 Å². The first-order chi connectivity index (χ1) is 4.18. The number of hydrogen-bond donors (Lipinski definition) is 1. The summed E-state index contributed by atoms with van der Waals surface area (Å²) in [7, 11) is 0. The molecule has 0 aliphatic carbocycles. The Labute approximate surface area is 56.4 Å². The Morgan fingerprint density at radius 3 is 2.44 bits per heavy atom. The van der Waals surface area contributed by atoms with E-state index in [1.165, 1.54) is 6.92 Å². The molecule has 0 heterocycles. The summed E-state index contributed by atoms with van der Waals surface area (Å²) in [6.45, 7) is 3.59. The van der Waals surface area contributed by atoms with E-state index in [9.17, 15) is 4.39 Å². The zero-order valence-electron chi connectivity index (χ0n) is 6.23. The molecular weight excluding hydrogens is 117 g/mol. The van der Waals surface area contributed by atoms with Crippen molar-refractivity contribution in [1.29, 1.82) is 0 Å². The second kappa shape index (κ2) is 4.74. The second-order valence-corrected chi connectivity index (χ2v) is 2.48. The highest BCUT2D eigenvalue weighted by Crippen LogP contribution is 2.04. The van der Waals surface area contributed by atoms with Crippen molar-refractivity contribution in [2.75, 3.05) is 0 Å². The van der Waals surface area contributed by atoms with E-state index in [1.807, 2.05) is 0 Å². The molecule has 56 valence electrons. The van der Waals surface area contributed by atoms with Gasteiger partial charge in [0.2, 0.25) is 0 Å². The van der Waals surface area contributed by atoms with Crippen LogP contribution in [0.1, 0.15) is 33.1 Å². The second-order valence-electron chi connectivity index (χ2n) is 2.48. The molecule has 2 atom stereocenters. The van der Waals surface area contributed by atoms with E-state index in [2.05, 4.69) is 6.92 Å². The van der Waals surface area contributed by atoms with Crippen molar-refractivity contribution in [2.45, 2.75) is 45.3 Å². The summed E-state index contributed by atoms with van der Waals surface area (Å²) in [5.41, 5.74) is 5.43. The molecule has 0 fully saturated rings. The number of hydrogen-bond acceptors (Lipinski definition) is 1. The van der Waals surface area contributed by atoms with Gasteiger partial charge in [-0.15, -0.1) is 0 Å². The van der Waals surface area contributed by atoms with Gasteiger partial charge in [-0.2, -0.15) is 0 Å². The van der Waals surface area contributed by atoms with Crippen LogP contribution in [0.5, 0.6) is 0 Å². The summed E-state index contributed by atoms with van der Waals surface area (Å²) in [5, 5.41) is 0. The molecule has 0 spiro atoms. The van der Waals surface area contributed by atoms with Crippen LogP contribution in [0.2, 0.25) is 0 Å². The monoisotopic (exact) mass is 133 g/mol. The summed E-state index contributed by atoms with van der Waals surface area (Å²) in [6.07, 6.45) is 2.10. The van der Waals surface area contributed by atoms with Crippen LogP contribution in [0, 0.1) is 0 Å². The molecule has 9 heavy (non-hydrogen) atoms. The molecule has 2 heteroatoms. The van der Waals surface area contributed by atoms with Crippen LogP contribution in [0.15, 0.2) is 0 Å². The first-order valence-corrected chi connectivity index (χ1v) is 3.58. The molecule has 0 aromatic heterocycles. The normalized spacial score (nSPS) is 17.3. The van der Waals surface area contributed by atoms with Gasteiger partial charge in [0.05, 0.1) is 0 Å². The summed E-state index contributed by atoms with van der Waals surface area (Å²) in [5.74, 6) is 0. The van der Waals surface area contributed by atoms with Crippen molar-refractivity contribution in [2.24, 2.45) is 5.73 Å². The third kappa shape index (κ3) is 4.40. The quantitative estimate of drug-likeness (QED) is 0.622. The van der Waals surface area contributed by atoms with Gasteiger partial charge in [-0.25, -0.2) is 4.39 Å². The van der Waals surface area contributed by atoms with Gasteiger partial charge in [0.1, 0.15) is 6.17 Å². The molecule has 0 saturated carbocycles. The van der Waals surface area contributed by atoms with Gasteiger partial charge in [0.25, 0.3) is 0 Å². The maximum Gasteiger partial charge on any atom is 0.112 e. The van der Waals surface area contributed by atoms with Crippen LogP contribution in [0.4, 0.5) is 4.39 Å². The molecule has 0 aliphatic heterocycles. The fourth-order valence-electron chi connectivity index (χ4n) is 0.669. The number of rotatable bonds is 4. The zero-order chi connectivity index (χ0) is 7.28. The van der Waals surface area contributed by atoms with Gasteiger partial charge in [-0.3, -0.25) is 0 Å². The Balaban J connectivity index is 3.16. The summed E-state index contributed by atoms with van der Waals surface area (Å²) < 4.78 is 12.3. The summed E-state index contributed by atoms with van der Waals surface area (Å²) >= 11 is 0. The molecule has 0 radical (unpaired) electrons. The predicted molar refractivity (Wildman–Crippen MR) is 38.1 cm³/mol. The van der Waals surface area contributed by atoms with Crippen LogP contribution in [-0.2, 0) is 0 Å². The van der Waals surface area contributed by atoms with Gasteiger partial charge in [0.15, 0.2) is 0 Å². The number of unbranched alkanes of at least 4 members (excludes halogenated alkanes) is 1. The van der Waals surface area contributed by atoms with Gasteiger partial charge >= 0.3 is 0 Å². The lowest BCUT2D eigenvalue weighted by atomic mass is 10.1. The van der Waals surface area contributed by atoms with Gasteiger partial charge in [-0.05, 0) is 13.3 Å². The molecule has 0 bridgehead atoms. The molecule has 0 saturated heterocycles. The van der Waals surface area contributed by atoms with Crippen molar-refractivity contribution < 1.29 is 4.39 Å². The van der Waals surface area contributed by atoms with Crippen molar-refractivity contribution in [3.63, 3.8) is 0 Å². The fourth-order valence-corrected chi connectivity index (χ4v) is 0.669. The van der Waals surface area contributed by atoms with Crippen molar-refractivity contribution in [1.82, 2.24) is 0 Å². The molecule has 1 nitrogen and oxygen atoms in total. The molecular formula is C7H16FN. The Morgan fingerprint density at radius 1 is 1.56 bits per heavy atom. The van der Waals surface area contributed by atoms with Crippen molar-refractivity contribution in [3.8, 4) is 0 Å². The maximum absolute atomic E-state index is 12.3. The smallest absolute Gasteiger partial charge is 0.112 e. The van der Waals surface area contributed by atoms with Crippen molar-refractivity contribution >= 4 is 0 Å². The lowest BCUT2D eigenvalue weighted by Crippen LogP contribution is -2.29. The Hall–Kier alpha value is -0.110. The van der Waals surface area contributed by atoms with E-state index in [1.54, 1.807) is 0 Å². The lowest BCUT2D eigenvalue weighted by Gasteiger charge is -2.10. The van der Waals surface area contributed by atoms with E-state index in [0.29, 0.717) is 0 Å². The molecule has 0 unspecified atom stereocenters. The molecule has 0 aliphatic rings. The fraction of sp³-hybridized carbons (Fsp3) is 1.00. The Morgan fingerprint density at radius 2 is 2.11 bits per heavy atom.